The Kier molecular flexibility index (Phi) is 3.68. The van der Waals surface area contributed by atoms with Crippen LogP contribution in [0.5, 0.6) is 0 Å². The summed E-state index contributed by atoms with van der Waals surface area (Å²) in [5.41, 5.74) is 9.73. The van der Waals surface area contributed by atoms with Crippen molar-refractivity contribution < 1.29 is 28.8 Å². The van der Waals surface area contributed by atoms with Gasteiger partial charge in [-0.25, -0.2) is 19.2 Å². The van der Waals surface area contributed by atoms with Gasteiger partial charge in [-0.3, -0.25) is 16.0 Å². The maximum atomic E-state index is 11.7. The fourth-order valence-electron chi connectivity index (χ4n) is 1.56. The first-order valence-electron chi connectivity index (χ1n) is 4.77. The number of hydrogen-bond donors (Lipinski definition) is 6. The third kappa shape index (κ3) is 2.16. The third-order valence-corrected chi connectivity index (χ3v) is 2.42. The van der Waals surface area contributed by atoms with Crippen LogP contribution in [-0.2, 0) is 4.79 Å². The van der Waals surface area contributed by atoms with Gasteiger partial charge in [0.05, 0.1) is 0 Å². The molecule has 11 nitrogen and oxygen atoms in total. The Morgan fingerprint density at radius 3 is 2.11 bits per heavy atom. The van der Waals surface area contributed by atoms with E-state index in [1.54, 1.807) is 0 Å². The Morgan fingerprint density at radius 1 is 1.33 bits per heavy atom. The number of aliphatic hydroxyl groups is 1. The van der Waals surface area contributed by atoms with E-state index >= 15 is 0 Å². The normalized spacial score (nSPS) is 22.8. The van der Waals surface area contributed by atoms with Gasteiger partial charge >= 0.3 is 24.0 Å². The molecule has 0 aromatic heterocycles. The molecule has 1 aliphatic heterocycles. The number of primary amides is 2. The maximum absolute atomic E-state index is 11.7. The minimum absolute atomic E-state index is 0.350. The molecule has 0 aromatic rings. The van der Waals surface area contributed by atoms with Gasteiger partial charge in [-0.1, -0.05) is 0 Å². The van der Waals surface area contributed by atoms with E-state index in [1.165, 1.54) is 0 Å². The van der Waals surface area contributed by atoms with Gasteiger partial charge in [0, 0.05) is 0 Å². The Morgan fingerprint density at radius 2 is 1.83 bits per heavy atom. The van der Waals surface area contributed by atoms with Gasteiger partial charge < -0.3 is 16.6 Å². The van der Waals surface area contributed by atoms with Crippen LogP contribution in [0.2, 0.25) is 0 Å². The molecule has 1 aliphatic rings. The van der Waals surface area contributed by atoms with E-state index in [1.807, 2.05) is 10.6 Å². The minimum atomic E-state index is -1.58. The number of nitrogens with zero attached hydrogens (tertiary/aromatic N) is 1. The molecule has 1 atom stereocenters. The predicted octanol–water partition coefficient (Wildman–Crippen LogP) is -3.38. The largest absolute Gasteiger partial charge is 0.430 e. The third-order valence-electron chi connectivity index (χ3n) is 2.42. The van der Waals surface area contributed by atoms with E-state index in [2.05, 4.69) is 5.32 Å². The van der Waals surface area contributed by atoms with Gasteiger partial charge in [-0.05, 0) is 0 Å². The van der Waals surface area contributed by atoms with Crippen LogP contribution in [0.15, 0.2) is 0 Å². The zero-order valence-electron chi connectivity index (χ0n) is 9.17. The number of carbonyl (C=O) groups excluding carboxylic acids is 4. The lowest BCUT2D eigenvalue weighted by atomic mass is 10.4. The summed E-state index contributed by atoms with van der Waals surface area (Å²) in [7, 11) is 0. The predicted molar refractivity (Wildman–Crippen MR) is 55.0 cm³/mol. The summed E-state index contributed by atoms with van der Waals surface area (Å²) in [5, 5.41) is 15.4. The van der Waals surface area contributed by atoms with E-state index in [0.29, 0.717) is 0 Å². The van der Waals surface area contributed by atoms with Gasteiger partial charge in [-0.2, -0.15) is 0 Å². The fraction of sp³-hybridized carbons (Fsp3) is 0.429. The van der Waals surface area contributed by atoms with Gasteiger partial charge in [0.1, 0.15) is 6.54 Å². The number of imide groups is 1. The quantitative estimate of drug-likeness (QED) is 0.175. The van der Waals surface area contributed by atoms with Gasteiger partial charge in [0.15, 0.2) is 6.73 Å². The number of nitrogens with one attached hydrogen (secondary N) is 3. The lowest BCUT2D eigenvalue weighted by molar-refractivity contribution is -0.821. The van der Waals surface area contributed by atoms with Crippen LogP contribution >= 0.6 is 0 Å². The first-order valence-corrected chi connectivity index (χ1v) is 4.77. The van der Waals surface area contributed by atoms with Gasteiger partial charge in [0.25, 0.3) is 6.29 Å². The second-order valence-electron chi connectivity index (χ2n) is 3.48. The molecular weight excluding hydrogens is 248 g/mol. The number of hydrogen-bond acceptors (Lipinski definition) is 5. The Bertz CT molecular complexity index is 377. The molecule has 0 aliphatic carbocycles. The molecule has 100 valence electrons. The van der Waals surface area contributed by atoms with E-state index in [9.17, 15) is 24.3 Å². The number of urea groups is 3. The van der Waals surface area contributed by atoms with Crippen LogP contribution in [0.1, 0.15) is 0 Å². The topological polar surface area (TPSA) is 177 Å². The highest BCUT2D eigenvalue weighted by atomic mass is 16.3. The Labute approximate surface area is 101 Å². The number of carbonyl (C=O) groups is 4. The van der Waals surface area contributed by atoms with Crippen molar-refractivity contribution in [1.29, 1.82) is 0 Å². The van der Waals surface area contributed by atoms with Crippen LogP contribution < -0.4 is 27.4 Å². The lowest BCUT2D eigenvalue weighted by Gasteiger charge is -2.32. The number of amides is 7. The van der Waals surface area contributed by atoms with Gasteiger partial charge in [0.2, 0.25) is 0 Å². The number of rotatable bonds is 4. The van der Waals surface area contributed by atoms with Crippen LogP contribution in [0, 0.1) is 0 Å². The molecule has 0 bridgehead atoms. The standard InChI is InChI=1S/C7H12N6O5/c8-4(16)11-6(12-5(9)17)13(2-14)3(15)1-10-7(13)18/h6,14H,1-2H2,(H6-,8,9,10,11,12,16,17,18)/p+1. The van der Waals surface area contributed by atoms with Crippen molar-refractivity contribution in [1.82, 2.24) is 16.0 Å². The first-order chi connectivity index (χ1) is 8.34. The molecule has 0 aromatic carbocycles. The average molecular weight is 261 g/mol. The summed E-state index contributed by atoms with van der Waals surface area (Å²) < 4.78 is -1.26. The average Bonchev–Trinajstić information content (AvgIpc) is 2.53. The summed E-state index contributed by atoms with van der Waals surface area (Å²) in [4.78, 5) is 44.9. The van der Waals surface area contributed by atoms with Crippen molar-refractivity contribution in [2.45, 2.75) is 6.29 Å². The summed E-state index contributed by atoms with van der Waals surface area (Å²) in [6.07, 6.45) is -1.58. The maximum Gasteiger partial charge on any atom is 0.430 e. The summed E-state index contributed by atoms with van der Waals surface area (Å²) >= 11 is 0. The molecule has 7 amide bonds. The monoisotopic (exact) mass is 261 g/mol. The Balaban J connectivity index is 3.13. The molecule has 0 saturated carbocycles. The first kappa shape index (κ1) is 13.7. The lowest BCUT2D eigenvalue weighted by Crippen LogP contribution is -2.72. The van der Waals surface area contributed by atoms with Crippen LogP contribution in [0.4, 0.5) is 14.4 Å². The molecule has 1 saturated heterocycles. The molecule has 0 spiro atoms. The van der Waals surface area contributed by atoms with Crippen LogP contribution in [-0.4, -0.2) is 53.2 Å². The zero-order chi connectivity index (χ0) is 13.9. The zero-order valence-corrected chi connectivity index (χ0v) is 9.17. The number of quaternary nitrogens is 1. The second kappa shape index (κ2) is 4.85. The van der Waals surface area contributed by atoms with Crippen molar-refractivity contribution in [2.24, 2.45) is 11.5 Å². The van der Waals surface area contributed by atoms with Crippen molar-refractivity contribution in [2.75, 3.05) is 13.3 Å². The van der Waals surface area contributed by atoms with Crippen LogP contribution in [0.3, 0.4) is 0 Å². The van der Waals surface area contributed by atoms with E-state index < -0.39 is 41.5 Å². The van der Waals surface area contributed by atoms with E-state index in [4.69, 9.17) is 11.5 Å². The van der Waals surface area contributed by atoms with E-state index in [0.717, 1.165) is 0 Å². The molecule has 8 N–H and O–H groups in total. The van der Waals surface area contributed by atoms with Crippen molar-refractivity contribution in [3.8, 4) is 0 Å². The highest BCUT2D eigenvalue weighted by Crippen LogP contribution is 2.16. The SMILES string of the molecule is NC(=O)NC(NC(N)=O)[N+]1(CO)C(=O)CNC1=O. The molecule has 18 heavy (non-hydrogen) atoms. The fourth-order valence-corrected chi connectivity index (χ4v) is 1.56. The number of nitrogens with two attached hydrogens (primary N) is 2. The van der Waals surface area contributed by atoms with E-state index in [-0.39, 0.29) is 6.54 Å². The molecule has 11 heteroatoms. The van der Waals surface area contributed by atoms with Gasteiger partial charge in [-0.15, -0.1) is 4.48 Å². The van der Waals surface area contributed by atoms with Crippen molar-refractivity contribution in [3.63, 3.8) is 0 Å². The molecule has 1 rings (SSSR count). The summed E-state index contributed by atoms with van der Waals surface area (Å²) in [6, 6.07) is -3.10. The molecule has 1 heterocycles. The smallest absolute Gasteiger partial charge is 0.351 e. The highest BCUT2D eigenvalue weighted by molar-refractivity contribution is 5.92. The minimum Gasteiger partial charge on any atom is -0.351 e. The number of aliphatic hydroxyl groups excluding tert-OH is 1. The molecule has 0 radical (unpaired) electrons. The van der Waals surface area contributed by atoms with Crippen molar-refractivity contribution >= 4 is 24.0 Å². The van der Waals surface area contributed by atoms with Crippen molar-refractivity contribution in [3.05, 3.63) is 0 Å². The Hall–Kier alpha value is -2.40. The van der Waals surface area contributed by atoms with Crippen LogP contribution in [0.25, 0.3) is 0 Å². The summed E-state index contributed by atoms with van der Waals surface area (Å²) in [5.74, 6) is -0.755. The molecular formula is C7H13N6O5+. The molecule has 1 fully saturated rings. The molecule has 1 unspecified atom stereocenters. The second-order valence-corrected chi connectivity index (χ2v) is 3.48. The highest BCUT2D eigenvalue weighted by Gasteiger charge is 2.56. The summed E-state index contributed by atoms with van der Waals surface area (Å²) in [6.45, 7) is -1.33.